The quantitative estimate of drug-likeness (QED) is 0.188. The molecule has 3 aromatic rings. The first-order chi connectivity index (χ1) is 17.7. The van der Waals surface area contributed by atoms with Gasteiger partial charge in [0.15, 0.2) is 6.10 Å². The van der Waals surface area contributed by atoms with Gasteiger partial charge in [-0.3, -0.25) is 0 Å². The third-order valence-corrected chi connectivity index (χ3v) is 6.63. The topological polar surface area (TPSA) is 55.8 Å². The average Bonchev–Trinajstić information content (AvgIpc) is 3.22. The number of benzene rings is 3. The summed E-state index contributed by atoms with van der Waals surface area (Å²) in [5.74, 6) is -0.109. The van der Waals surface area contributed by atoms with E-state index >= 15 is 0 Å². The summed E-state index contributed by atoms with van der Waals surface area (Å²) in [5, 5.41) is 9.49. The number of carbonyl (C=O) groups is 1. The molecule has 4 nitrogen and oxygen atoms in total. The Morgan fingerprint density at radius 3 is 2.06 bits per heavy atom. The van der Waals surface area contributed by atoms with Gasteiger partial charge in [0.2, 0.25) is 0 Å². The van der Waals surface area contributed by atoms with Crippen LogP contribution in [-0.2, 0) is 16.0 Å². The van der Waals surface area contributed by atoms with Gasteiger partial charge in [-0.05, 0) is 64.8 Å². The fourth-order valence-corrected chi connectivity index (χ4v) is 4.70. The van der Waals surface area contributed by atoms with Crippen LogP contribution in [0, 0.1) is 0 Å². The van der Waals surface area contributed by atoms with E-state index in [-0.39, 0.29) is 0 Å². The van der Waals surface area contributed by atoms with E-state index in [0.717, 1.165) is 49.8 Å². The monoisotopic (exact) mass is 484 g/mol. The molecule has 0 aliphatic heterocycles. The molecule has 1 aliphatic rings. The van der Waals surface area contributed by atoms with Gasteiger partial charge >= 0.3 is 5.97 Å². The second-order valence-corrected chi connectivity index (χ2v) is 9.31. The Bertz CT molecular complexity index is 1120. The number of allylic oxidation sites excluding steroid dienone is 1. The van der Waals surface area contributed by atoms with E-state index in [2.05, 4.69) is 61.5 Å². The highest BCUT2D eigenvalue weighted by Gasteiger charge is 2.22. The molecule has 0 amide bonds. The molecule has 1 unspecified atom stereocenters. The summed E-state index contributed by atoms with van der Waals surface area (Å²) in [4.78, 5) is 11.6. The molecule has 1 N–H and O–H groups in total. The lowest BCUT2D eigenvalue weighted by Gasteiger charge is -2.14. The van der Waals surface area contributed by atoms with E-state index in [9.17, 15) is 9.90 Å². The third-order valence-electron chi connectivity index (χ3n) is 6.63. The fraction of sp³-hybridized carbons (Fsp3) is 0.344. The third kappa shape index (κ3) is 6.64. The van der Waals surface area contributed by atoms with Gasteiger partial charge in [-0.15, -0.1) is 0 Å². The molecule has 0 aromatic heterocycles. The van der Waals surface area contributed by atoms with Crippen molar-refractivity contribution in [3.05, 3.63) is 95.6 Å². The minimum atomic E-state index is -0.910. The molecule has 188 valence electrons. The van der Waals surface area contributed by atoms with E-state index < -0.39 is 12.1 Å². The maximum atomic E-state index is 11.6. The van der Waals surface area contributed by atoms with Gasteiger partial charge in [-0.2, -0.15) is 0 Å². The molecule has 1 atom stereocenters. The molecule has 0 heterocycles. The van der Waals surface area contributed by atoms with Crippen LogP contribution in [0.3, 0.4) is 0 Å². The second-order valence-electron chi connectivity index (χ2n) is 9.31. The molecule has 0 spiro atoms. The molecule has 4 rings (SSSR count). The van der Waals surface area contributed by atoms with Gasteiger partial charge in [0.25, 0.3) is 0 Å². The predicted octanol–water partition coefficient (Wildman–Crippen LogP) is 7.55. The van der Waals surface area contributed by atoms with Gasteiger partial charge in [0.1, 0.15) is 5.75 Å². The molecule has 0 saturated heterocycles. The maximum Gasteiger partial charge on any atom is 0.333 e. The van der Waals surface area contributed by atoms with Crippen LogP contribution in [0.4, 0.5) is 0 Å². The lowest BCUT2D eigenvalue weighted by Crippen LogP contribution is -2.26. The molecule has 0 bridgehead atoms. The van der Waals surface area contributed by atoms with E-state index in [1.807, 2.05) is 24.3 Å². The highest BCUT2D eigenvalue weighted by Crippen LogP contribution is 2.43. The molecular formula is C32H36O4. The summed E-state index contributed by atoms with van der Waals surface area (Å²) in [6.07, 6.45) is 8.02. The minimum Gasteiger partial charge on any atom is -0.494 e. The normalized spacial score (nSPS) is 12.6. The van der Waals surface area contributed by atoms with Crippen molar-refractivity contribution in [1.82, 2.24) is 0 Å². The van der Waals surface area contributed by atoms with Crippen molar-refractivity contribution in [3.63, 3.8) is 0 Å². The molecule has 4 heteroatoms. The number of carboxylic acids is 1. The number of hydrogen-bond donors (Lipinski definition) is 1. The van der Waals surface area contributed by atoms with Crippen molar-refractivity contribution >= 4 is 11.5 Å². The smallest absolute Gasteiger partial charge is 0.333 e. The summed E-state index contributed by atoms with van der Waals surface area (Å²) in [6, 6.07) is 24.9. The number of hydrogen-bond acceptors (Lipinski definition) is 3. The van der Waals surface area contributed by atoms with Gasteiger partial charge in [-0.1, -0.05) is 92.9 Å². The Balaban J connectivity index is 1.24. The summed E-state index contributed by atoms with van der Waals surface area (Å²) in [5.41, 5.74) is 7.47. The first-order valence-electron chi connectivity index (χ1n) is 13.1. The molecule has 36 heavy (non-hydrogen) atoms. The average molecular weight is 485 g/mol. The van der Waals surface area contributed by atoms with Crippen LogP contribution < -0.4 is 4.74 Å². The summed E-state index contributed by atoms with van der Waals surface area (Å²) >= 11 is 0. The van der Waals surface area contributed by atoms with Crippen LogP contribution >= 0.6 is 0 Å². The number of fused-ring (bicyclic) bond motifs is 3. The SMILES string of the molecule is CCCCCCOC(Cc1ccc(OCCCC=C2c3ccccc3-c3ccccc32)cc1)C(=O)O. The Labute approximate surface area is 214 Å². The minimum absolute atomic E-state index is 0.361. The number of carboxylic acid groups (broad SMARTS) is 1. The number of rotatable bonds is 14. The number of unbranched alkanes of at least 4 members (excludes halogenated alkanes) is 4. The molecule has 0 saturated carbocycles. The van der Waals surface area contributed by atoms with Crippen LogP contribution in [0.1, 0.15) is 62.1 Å². The lowest BCUT2D eigenvalue weighted by molar-refractivity contribution is -0.150. The largest absolute Gasteiger partial charge is 0.494 e. The predicted molar refractivity (Wildman–Crippen MR) is 145 cm³/mol. The van der Waals surface area contributed by atoms with Gasteiger partial charge in [-0.25, -0.2) is 4.79 Å². The van der Waals surface area contributed by atoms with Crippen LogP contribution in [0.2, 0.25) is 0 Å². The van der Waals surface area contributed by atoms with Gasteiger partial charge < -0.3 is 14.6 Å². The van der Waals surface area contributed by atoms with E-state index in [4.69, 9.17) is 9.47 Å². The van der Waals surface area contributed by atoms with Crippen LogP contribution in [0.15, 0.2) is 78.9 Å². The Hall–Kier alpha value is -3.37. The zero-order chi connectivity index (χ0) is 25.2. The standard InChI is InChI=1S/C32H36O4/c1-2-3-4-10-22-36-31(32(33)34)23-24-17-19-25(20-18-24)35-21-11-9-16-30-28-14-7-5-12-26(28)27-13-6-8-15-29(27)30/h5-8,12-20,31H,2-4,9-11,21-23H2,1H3,(H,33,34). The van der Waals surface area contributed by atoms with Crippen LogP contribution in [0.25, 0.3) is 16.7 Å². The van der Waals surface area contributed by atoms with Crippen molar-refractivity contribution in [2.24, 2.45) is 0 Å². The first-order valence-corrected chi connectivity index (χ1v) is 13.1. The Morgan fingerprint density at radius 2 is 1.44 bits per heavy atom. The summed E-state index contributed by atoms with van der Waals surface area (Å²) in [6.45, 7) is 3.28. The molecule has 1 aliphatic carbocycles. The van der Waals surface area contributed by atoms with E-state index in [1.54, 1.807) is 0 Å². The lowest BCUT2D eigenvalue weighted by atomic mass is 10.0. The van der Waals surface area contributed by atoms with Gasteiger partial charge in [0, 0.05) is 13.0 Å². The van der Waals surface area contributed by atoms with Crippen molar-refractivity contribution in [2.45, 2.75) is 58.0 Å². The number of ether oxygens (including phenoxy) is 2. The van der Waals surface area contributed by atoms with Crippen LogP contribution in [-0.4, -0.2) is 30.4 Å². The highest BCUT2D eigenvalue weighted by atomic mass is 16.5. The molecule has 0 radical (unpaired) electrons. The maximum absolute atomic E-state index is 11.6. The fourth-order valence-electron chi connectivity index (χ4n) is 4.70. The van der Waals surface area contributed by atoms with Gasteiger partial charge in [0.05, 0.1) is 6.61 Å². The van der Waals surface area contributed by atoms with Crippen molar-refractivity contribution in [1.29, 1.82) is 0 Å². The Morgan fingerprint density at radius 1 is 0.806 bits per heavy atom. The summed E-state index contributed by atoms with van der Waals surface area (Å²) in [7, 11) is 0. The zero-order valence-corrected chi connectivity index (χ0v) is 21.1. The van der Waals surface area contributed by atoms with E-state index in [0.29, 0.717) is 19.6 Å². The zero-order valence-electron chi connectivity index (χ0n) is 21.1. The van der Waals surface area contributed by atoms with Crippen molar-refractivity contribution in [3.8, 4) is 16.9 Å². The van der Waals surface area contributed by atoms with E-state index in [1.165, 1.54) is 27.8 Å². The highest BCUT2D eigenvalue weighted by molar-refractivity contribution is 6.01. The first kappa shape index (κ1) is 25.7. The van der Waals surface area contributed by atoms with Crippen LogP contribution in [0.5, 0.6) is 5.75 Å². The molecule has 0 fully saturated rings. The molecule has 3 aromatic carbocycles. The summed E-state index contributed by atoms with van der Waals surface area (Å²) < 4.78 is 11.6. The second kappa shape index (κ2) is 13.1. The molecular weight excluding hydrogens is 448 g/mol. The van der Waals surface area contributed by atoms with Crippen molar-refractivity contribution in [2.75, 3.05) is 13.2 Å². The number of aliphatic carboxylic acids is 1. The Kier molecular flexibility index (Phi) is 9.34. The van der Waals surface area contributed by atoms with Crippen molar-refractivity contribution < 1.29 is 19.4 Å².